The zero-order valence-electron chi connectivity index (χ0n) is 9.17. The minimum Gasteiger partial charge on any atom is -0.481 e. The molecule has 0 fully saturated rings. The van der Waals surface area contributed by atoms with Crippen LogP contribution in [0.4, 0.5) is 0 Å². The molecule has 0 aromatic heterocycles. The minimum absolute atomic E-state index is 0.104. The quantitative estimate of drug-likeness (QED) is 0.692. The number of benzene rings is 1. The van der Waals surface area contributed by atoms with Crippen LogP contribution in [-0.4, -0.2) is 27.3 Å². The van der Waals surface area contributed by atoms with Crippen molar-refractivity contribution in [1.29, 1.82) is 0 Å². The van der Waals surface area contributed by atoms with E-state index in [2.05, 4.69) is 0 Å². The van der Waals surface area contributed by atoms with Gasteiger partial charge in [0, 0.05) is 6.42 Å². The highest BCUT2D eigenvalue weighted by Crippen LogP contribution is 2.27. The number of hydrogen-bond acceptors (Lipinski definition) is 3. The predicted molar refractivity (Wildman–Crippen MR) is 59.5 cm³/mol. The third-order valence-electron chi connectivity index (χ3n) is 2.53. The lowest BCUT2D eigenvalue weighted by atomic mass is 9.88. The van der Waals surface area contributed by atoms with E-state index in [4.69, 9.17) is 10.2 Å². The van der Waals surface area contributed by atoms with Crippen molar-refractivity contribution in [3.05, 3.63) is 35.9 Å². The maximum Gasteiger partial charge on any atom is 0.340 e. The molecule has 0 spiro atoms. The summed E-state index contributed by atoms with van der Waals surface area (Å²) in [7, 11) is 0. The van der Waals surface area contributed by atoms with Crippen molar-refractivity contribution in [2.24, 2.45) is 0 Å². The normalized spacial score (nSPS) is 13.9. The molecule has 1 unspecified atom stereocenters. The van der Waals surface area contributed by atoms with Gasteiger partial charge in [-0.3, -0.25) is 4.79 Å². The topological polar surface area (TPSA) is 94.8 Å². The van der Waals surface area contributed by atoms with Gasteiger partial charge in [0.05, 0.1) is 0 Å². The van der Waals surface area contributed by atoms with Gasteiger partial charge >= 0.3 is 11.9 Å². The van der Waals surface area contributed by atoms with Gasteiger partial charge in [0.15, 0.2) is 5.60 Å². The minimum atomic E-state index is -2.02. The number of carbonyl (C=O) groups is 2. The number of carboxylic acid groups (broad SMARTS) is 2. The molecule has 1 aromatic carbocycles. The highest BCUT2D eigenvalue weighted by molar-refractivity contribution is 5.79. The molecule has 0 bridgehead atoms. The maximum absolute atomic E-state index is 11.1. The van der Waals surface area contributed by atoms with E-state index in [1.807, 2.05) is 0 Å². The second-order valence-electron chi connectivity index (χ2n) is 3.78. The third kappa shape index (κ3) is 3.29. The fourth-order valence-electron chi connectivity index (χ4n) is 1.58. The van der Waals surface area contributed by atoms with Crippen LogP contribution >= 0.6 is 0 Å². The lowest BCUT2D eigenvalue weighted by Gasteiger charge is -2.23. The van der Waals surface area contributed by atoms with E-state index in [-0.39, 0.29) is 24.8 Å². The van der Waals surface area contributed by atoms with Crippen molar-refractivity contribution in [3.63, 3.8) is 0 Å². The molecule has 17 heavy (non-hydrogen) atoms. The Morgan fingerprint density at radius 1 is 1.12 bits per heavy atom. The summed E-state index contributed by atoms with van der Waals surface area (Å²) >= 11 is 0. The van der Waals surface area contributed by atoms with Gasteiger partial charge in [-0.05, 0) is 18.4 Å². The van der Waals surface area contributed by atoms with Gasteiger partial charge in [-0.25, -0.2) is 4.79 Å². The van der Waals surface area contributed by atoms with Crippen LogP contribution in [0, 0.1) is 0 Å². The first kappa shape index (κ1) is 13.2. The van der Waals surface area contributed by atoms with E-state index in [1.54, 1.807) is 18.2 Å². The van der Waals surface area contributed by atoms with Gasteiger partial charge in [0.1, 0.15) is 0 Å². The summed E-state index contributed by atoms with van der Waals surface area (Å²) in [6, 6.07) is 7.98. The van der Waals surface area contributed by atoms with Crippen molar-refractivity contribution >= 4 is 11.9 Å². The number of aliphatic hydroxyl groups is 1. The van der Waals surface area contributed by atoms with Gasteiger partial charge in [0.2, 0.25) is 0 Å². The molecule has 0 radical (unpaired) electrons. The number of carboxylic acids is 2. The van der Waals surface area contributed by atoms with E-state index < -0.39 is 17.5 Å². The van der Waals surface area contributed by atoms with Crippen molar-refractivity contribution < 1.29 is 24.9 Å². The van der Waals surface area contributed by atoms with Crippen molar-refractivity contribution in [3.8, 4) is 0 Å². The first-order valence-corrected chi connectivity index (χ1v) is 5.20. The Bertz CT molecular complexity index is 401. The summed E-state index contributed by atoms with van der Waals surface area (Å²) in [6.07, 6.45) is -0.186. The molecule has 5 heteroatoms. The van der Waals surface area contributed by atoms with Gasteiger partial charge in [0.25, 0.3) is 0 Å². The van der Waals surface area contributed by atoms with Crippen LogP contribution in [-0.2, 0) is 15.2 Å². The Hall–Kier alpha value is -1.88. The molecule has 92 valence electrons. The SMILES string of the molecule is O=C(O)CCCC(O)(C(=O)O)c1ccccc1. The van der Waals surface area contributed by atoms with Crippen LogP contribution < -0.4 is 0 Å². The highest BCUT2D eigenvalue weighted by atomic mass is 16.4. The largest absolute Gasteiger partial charge is 0.481 e. The van der Waals surface area contributed by atoms with Crippen LogP contribution in [0.25, 0.3) is 0 Å². The fraction of sp³-hybridized carbons (Fsp3) is 0.333. The van der Waals surface area contributed by atoms with E-state index in [0.29, 0.717) is 0 Å². The van der Waals surface area contributed by atoms with E-state index in [9.17, 15) is 14.7 Å². The number of rotatable bonds is 6. The Balaban J connectivity index is 2.83. The van der Waals surface area contributed by atoms with Crippen molar-refractivity contribution in [2.75, 3.05) is 0 Å². The van der Waals surface area contributed by atoms with Crippen LogP contribution in [0.1, 0.15) is 24.8 Å². The monoisotopic (exact) mass is 238 g/mol. The van der Waals surface area contributed by atoms with Crippen molar-refractivity contribution in [2.45, 2.75) is 24.9 Å². The molecule has 0 heterocycles. The summed E-state index contributed by atoms with van der Waals surface area (Å²) in [5.74, 6) is -2.38. The molecule has 0 amide bonds. The summed E-state index contributed by atoms with van der Waals surface area (Å²) in [5.41, 5.74) is -1.76. The fourth-order valence-corrected chi connectivity index (χ4v) is 1.58. The molecule has 1 aromatic rings. The average Bonchev–Trinajstić information content (AvgIpc) is 2.29. The Labute approximate surface area is 98.3 Å². The first-order valence-electron chi connectivity index (χ1n) is 5.20. The molecule has 0 aliphatic carbocycles. The summed E-state index contributed by atoms with van der Waals surface area (Å²) < 4.78 is 0. The highest BCUT2D eigenvalue weighted by Gasteiger charge is 2.37. The zero-order valence-corrected chi connectivity index (χ0v) is 9.17. The molecule has 1 rings (SSSR count). The van der Waals surface area contributed by atoms with Gasteiger partial charge < -0.3 is 15.3 Å². The van der Waals surface area contributed by atoms with Gasteiger partial charge in [-0.1, -0.05) is 30.3 Å². The van der Waals surface area contributed by atoms with Crippen LogP contribution in [0.5, 0.6) is 0 Å². The zero-order chi connectivity index (χ0) is 12.9. The molecule has 0 aliphatic rings. The second-order valence-corrected chi connectivity index (χ2v) is 3.78. The second kappa shape index (κ2) is 5.45. The predicted octanol–water partition coefficient (Wildman–Crippen LogP) is 1.21. The standard InChI is InChI=1S/C12H14O5/c13-10(14)7-4-8-12(17,11(15)16)9-5-2-1-3-6-9/h1-3,5-6,17H,4,7-8H2,(H,13,14)(H,15,16). The summed E-state index contributed by atoms with van der Waals surface area (Å²) in [6.45, 7) is 0. The smallest absolute Gasteiger partial charge is 0.340 e. The maximum atomic E-state index is 11.1. The molecule has 5 nitrogen and oxygen atoms in total. The van der Waals surface area contributed by atoms with Gasteiger partial charge in [-0.15, -0.1) is 0 Å². The Kier molecular flexibility index (Phi) is 4.23. The van der Waals surface area contributed by atoms with Crippen LogP contribution in [0.15, 0.2) is 30.3 Å². The van der Waals surface area contributed by atoms with Crippen LogP contribution in [0.3, 0.4) is 0 Å². The van der Waals surface area contributed by atoms with E-state index >= 15 is 0 Å². The Morgan fingerprint density at radius 2 is 1.71 bits per heavy atom. The van der Waals surface area contributed by atoms with E-state index in [1.165, 1.54) is 12.1 Å². The summed E-state index contributed by atoms with van der Waals surface area (Å²) in [5, 5.41) is 27.6. The average molecular weight is 238 g/mol. The van der Waals surface area contributed by atoms with Crippen molar-refractivity contribution in [1.82, 2.24) is 0 Å². The number of hydrogen-bond donors (Lipinski definition) is 3. The Morgan fingerprint density at radius 3 is 2.18 bits per heavy atom. The molecule has 1 atom stereocenters. The molecule has 0 saturated carbocycles. The molecule has 0 aliphatic heterocycles. The lowest BCUT2D eigenvalue weighted by Crippen LogP contribution is -2.35. The van der Waals surface area contributed by atoms with Gasteiger partial charge in [-0.2, -0.15) is 0 Å². The molecule has 0 saturated heterocycles. The molecule has 3 N–H and O–H groups in total. The molecular weight excluding hydrogens is 224 g/mol. The first-order chi connectivity index (χ1) is 7.97. The summed E-state index contributed by atoms with van der Waals surface area (Å²) in [4.78, 5) is 21.5. The molecular formula is C12H14O5. The van der Waals surface area contributed by atoms with Crippen LogP contribution in [0.2, 0.25) is 0 Å². The number of aliphatic carboxylic acids is 2. The third-order valence-corrected chi connectivity index (χ3v) is 2.53. The lowest BCUT2D eigenvalue weighted by molar-refractivity contribution is -0.161. The van der Waals surface area contributed by atoms with E-state index in [0.717, 1.165) is 0 Å².